The number of benzene rings is 1. The van der Waals surface area contributed by atoms with Gasteiger partial charge in [-0.05, 0) is 36.9 Å². The minimum absolute atomic E-state index is 0.897. The summed E-state index contributed by atoms with van der Waals surface area (Å²) in [7, 11) is 2.17. The first-order valence-electron chi connectivity index (χ1n) is 7.18. The average molecular weight is 258 g/mol. The van der Waals surface area contributed by atoms with E-state index in [1.54, 1.807) is 0 Å². The Balaban J connectivity index is 1.60. The summed E-state index contributed by atoms with van der Waals surface area (Å²) in [5.74, 6) is 0. The summed E-state index contributed by atoms with van der Waals surface area (Å²) in [6.07, 6.45) is 2.38. The molecule has 0 atom stereocenters. The van der Waals surface area contributed by atoms with E-state index in [0.29, 0.717) is 0 Å². The van der Waals surface area contributed by atoms with Crippen molar-refractivity contribution in [2.24, 2.45) is 7.05 Å². The largest absolute Gasteiger partial charge is 0.379 e. The van der Waals surface area contributed by atoms with Gasteiger partial charge in [-0.3, -0.25) is 4.90 Å². The van der Waals surface area contributed by atoms with Crippen LogP contribution in [-0.2, 0) is 18.2 Å². The van der Waals surface area contributed by atoms with Gasteiger partial charge in [-0.25, -0.2) is 0 Å². The van der Waals surface area contributed by atoms with Gasteiger partial charge in [0, 0.05) is 31.3 Å². The van der Waals surface area contributed by atoms with Crippen LogP contribution in [0.5, 0.6) is 0 Å². The van der Waals surface area contributed by atoms with Gasteiger partial charge in [-0.15, -0.1) is 0 Å². The van der Waals surface area contributed by atoms with Gasteiger partial charge < -0.3 is 9.30 Å². The van der Waals surface area contributed by atoms with Gasteiger partial charge in [0.25, 0.3) is 0 Å². The molecule has 0 bridgehead atoms. The zero-order valence-electron chi connectivity index (χ0n) is 11.6. The molecule has 0 unspecified atom stereocenters. The van der Waals surface area contributed by atoms with Gasteiger partial charge in [0.2, 0.25) is 0 Å². The van der Waals surface area contributed by atoms with E-state index in [1.807, 2.05) is 0 Å². The highest BCUT2D eigenvalue weighted by atomic mass is 16.5. The number of aromatic nitrogens is 1. The van der Waals surface area contributed by atoms with Crippen LogP contribution in [0.3, 0.4) is 0 Å². The smallest absolute Gasteiger partial charge is 0.0594 e. The van der Waals surface area contributed by atoms with E-state index in [0.717, 1.165) is 32.7 Å². The number of hydrogen-bond donors (Lipinski definition) is 0. The number of fused-ring (bicyclic) bond motifs is 1. The topological polar surface area (TPSA) is 17.4 Å². The molecule has 1 aliphatic heterocycles. The molecule has 2 heterocycles. The highest BCUT2D eigenvalue weighted by Crippen LogP contribution is 2.19. The standard InChI is InChI=1S/C16H22N2O/c1-17-15(13-14-5-2-3-7-16(14)17)6-4-8-18-9-11-19-12-10-18/h2-3,5,7,13H,4,6,8-12H2,1H3. The Morgan fingerprint density at radius 3 is 2.74 bits per heavy atom. The Bertz CT molecular complexity index is 541. The van der Waals surface area contributed by atoms with Crippen molar-refractivity contribution in [1.29, 1.82) is 0 Å². The third-order valence-electron chi connectivity index (χ3n) is 4.06. The number of para-hydroxylation sites is 1. The number of nitrogens with zero attached hydrogens (tertiary/aromatic N) is 2. The number of hydrogen-bond acceptors (Lipinski definition) is 2. The Morgan fingerprint density at radius 2 is 1.95 bits per heavy atom. The lowest BCUT2D eigenvalue weighted by atomic mass is 10.2. The summed E-state index contributed by atoms with van der Waals surface area (Å²) in [5.41, 5.74) is 2.78. The fraction of sp³-hybridized carbons (Fsp3) is 0.500. The molecule has 1 fully saturated rings. The minimum Gasteiger partial charge on any atom is -0.379 e. The van der Waals surface area contributed by atoms with Crippen molar-refractivity contribution >= 4 is 10.9 Å². The fourth-order valence-electron chi connectivity index (χ4n) is 2.89. The number of rotatable bonds is 4. The summed E-state index contributed by atoms with van der Waals surface area (Å²) in [4.78, 5) is 2.51. The molecule has 0 radical (unpaired) electrons. The lowest BCUT2D eigenvalue weighted by Crippen LogP contribution is -2.37. The zero-order chi connectivity index (χ0) is 13.1. The van der Waals surface area contributed by atoms with Crippen molar-refractivity contribution in [3.63, 3.8) is 0 Å². The van der Waals surface area contributed by atoms with Crippen LogP contribution in [0.2, 0.25) is 0 Å². The Morgan fingerprint density at radius 1 is 1.16 bits per heavy atom. The van der Waals surface area contributed by atoms with Crippen LogP contribution >= 0.6 is 0 Å². The molecule has 1 aromatic heterocycles. The first-order chi connectivity index (χ1) is 9.34. The molecule has 1 aliphatic rings. The molecule has 3 rings (SSSR count). The van der Waals surface area contributed by atoms with E-state index in [9.17, 15) is 0 Å². The molecule has 1 aromatic carbocycles. The number of ether oxygens (including phenoxy) is 1. The van der Waals surface area contributed by atoms with Crippen LogP contribution in [0, 0.1) is 0 Å². The molecular weight excluding hydrogens is 236 g/mol. The quantitative estimate of drug-likeness (QED) is 0.838. The maximum absolute atomic E-state index is 5.38. The van der Waals surface area contributed by atoms with Crippen LogP contribution in [-0.4, -0.2) is 42.3 Å². The Hall–Kier alpha value is -1.32. The second kappa shape index (κ2) is 5.76. The minimum atomic E-state index is 0.897. The van der Waals surface area contributed by atoms with Crippen LogP contribution in [0.25, 0.3) is 10.9 Å². The molecule has 0 spiro atoms. The maximum atomic E-state index is 5.38. The van der Waals surface area contributed by atoms with E-state index in [1.165, 1.54) is 29.6 Å². The van der Waals surface area contributed by atoms with Crippen molar-refractivity contribution in [1.82, 2.24) is 9.47 Å². The maximum Gasteiger partial charge on any atom is 0.0594 e. The summed E-state index contributed by atoms with van der Waals surface area (Å²) < 4.78 is 7.71. The molecule has 0 N–H and O–H groups in total. The van der Waals surface area contributed by atoms with Gasteiger partial charge in [0.1, 0.15) is 0 Å². The van der Waals surface area contributed by atoms with Crippen molar-refractivity contribution in [2.75, 3.05) is 32.8 Å². The third-order valence-corrected chi connectivity index (χ3v) is 4.06. The van der Waals surface area contributed by atoms with Crippen molar-refractivity contribution in [2.45, 2.75) is 12.8 Å². The molecule has 3 heteroatoms. The van der Waals surface area contributed by atoms with Gasteiger partial charge in [-0.2, -0.15) is 0 Å². The predicted molar refractivity (Wildman–Crippen MR) is 78.5 cm³/mol. The van der Waals surface area contributed by atoms with E-state index in [-0.39, 0.29) is 0 Å². The molecule has 0 aliphatic carbocycles. The van der Waals surface area contributed by atoms with E-state index in [2.05, 4.69) is 46.8 Å². The second-order valence-corrected chi connectivity index (χ2v) is 5.31. The Labute approximate surface area is 114 Å². The lowest BCUT2D eigenvalue weighted by Gasteiger charge is -2.26. The van der Waals surface area contributed by atoms with Gasteiger partial charge in [-0.1, -0.05) is 18.2 Å². The molecule has 0 amide bonds. The molecule has 3 nitrogen and oxygen atoms in total. The van der Waals surface area contributed by atoms with Crippen LogP contribution in [0.4, 0.5) is 0 Å². The molecule has 2 aromatic rings. The zero-order valence-corrected chi connectivity index (χ0v) is 11.6. The van der Waals surface area contributed by atoms with E-state index < -0.39 is 0 Å². The normalized spacial score (nSPS) is 17.1. The first kappa shape index (κ1) is 12.7. The first-order valence-corrected chi connectivity index (χ1v) is 7.18. The summed E-state index contributed by atoms with van der Waals surface area (Å²) in [5, 5.41) is 1.35. The fourth-order valence-corrected chi connectivity index (χ4v) is 2.89. The molecule has 19 heavy (non-hydrogen) atoms. The van der Waals surface area contributed by atoms with E-state index >= 15 is 0 Å². The van der Waals surface area contributed by atoms with Crippen LogP contribution in [0.1, 0.15) is 12.1 Å². The molecule has 0 saturated carbocycles. The lowest BCUT2D eigenvalue weighted by molar-refractivity contribution is 0.0374. The molecule has 102 valence electrons. The van der Waals surface area contributed by atoms with Crippen molar-refractivity contribution in [3.8, 4) is 0 Å². The third kappa shape index (κ3) is 2.82. The molecule has 1 saturated heterocycles. The summed E-state index contributed by atoms with van der Waals surface area (Å²) >= 11 is 0. The monoisotopic (exact) mass is 258 g/mol. The average Bonchev–Trinajstić information content (AvgIpc) is 2.78. The highest BCUT2D eigenvalue weighted by Gasteiger charge is 2.10. The Kier molecular flexibility index (Phi) is 3.85. The van der Waals surface area contributed by atoms with Crippen molar-refractivity contribution in [3.05, 3.63) is 36.0 Å². The van der Waals surface area contributed by atoms with Crippen LogP contribution in [0.15, 0.2) is 30.3 Å². The van der Waals surface area contributed by atoms with Crippen molar-refractivity contribution < 1.29 is 4.74 Å². The number of aryl methyl sites for hydroxylation is 2. The van der Waals surface area contributed by atoms with Gasteiger partial charge in [0.15, 0.2) is 0 Å². The van der Waals surface area contributed by atoms with E-state index in [4.69, 9.17) is 4.74 Å². The summed E-state index contributed by atoms with van der Waals surface area (Å²) in [6, 6.07) is 10.9. The molecular formula is C16H22N2O. The second-order valence-electron chi connectivity index (χ2n) is 5.31. The number of morpholine rings is 1. The predicted octanol–water partition coefficient (Wildman–Crippen LogP) is 2.44. The van der Waals surface area contributed by atoms with Gasteiger partial charge in [0.05, 0.1) is 13.2 Å². The van der Waals surface area contributed by atoms with Gasteiger partial charge >= 0.3 is 0 Å². The van der Waals surface area contributed by atoms with Crippen LogP contribution < -0.4 is 0 Å². The summed E-state index contributed by atoms with van der Waals surface area (Å²) in [6.45, 7) is 5.16. The SMILES string of the molecule is Cn1c(CCCN2CCOCC2)cc2ccccc21. The highest BCUT2D eigenvalue weighted by molar-refractivity contribution is 5.81.